The van der Waals surface area contributed by atoms with Gasteiger partial charge in [0.05, 0.1) is 65.9 Å². The summed E-state index contributed by atoms with van der Waals surface area (Å²) in [6.07, 6.45) is 8.98. The van der Waals surface area contributed by atoms with E-state index in [0.29, 0.717) is 81.9 Å². The Hall–Kier alpha value is -3.21. The number of halogens is 1. The zero-order valence-electron chi connectivity index (χ0n) is 29.0. The maximum Gasteiger partial charge on any atom is 0.313 e. The number of likely N-dealkylation sites (tertiary alicyclic amines) is 1. The summed E-state index contributed by atoms with van der Waals surface area (Å²) in [5, 5.41) is 15.3. The number of nitrogens with one attached hydrogen (secondary N) is 2. The summed E-state index contributed by atoms with van der Waals surface area (Å²) < 4.78 is 41.5. The number of carbonyl (C=O) groups is 1. The maximum absolute atomic E-state index is 15.0. The van der Waals surface area contributed by atoms with Gasteiger partial charge in [0.25, 0.3) is 0 Å². The normalized spacial score (nSPS) is 16.3. The molecule has 1 saturated heterocycles. The van der Waals surface area contributed by atoms with E-state index in [1.807, 2.05) is 7.05 Å². The lowest BCUT2D eigenvalue weighted by Crippen LogP contribution is -2.42. The van der Waals surface area contributed by atoms with Crippen molar-refractivity contribution < 1.29 is 38.0 Å². The molecule has 4 rings (SSSR count). The fraction of sp³-hybridized carbons (Fsp3) is 0.706. The molecule has 3 N–H and O–H groups in total. The molecule has 2 fully saturated rings. The number of aliphatic hydroxyl groups excluding tert-OH is 1. The van der Waals surface area contributed by atoms with Gasteiger partial charge in [0.1, 0.15) is 0 Å². The molecular weight excluding hydrogens is 637 g/mol. The number of aliphatic hydroxyl groups is 1. The first-order valence-electron chi connectivity index (χ1n) is 17.5. The van der Waals surface area contributed by atoms with E-state index in [1.165, 1.54) is 37.8 Å². The zero-order valence-corrected chi connectivity index (χ0v) is 29.0. The van der Waals surface area contributed by atoms with Crippen molar-refractivity contribution in [2.45, 2.75) is 69.9 Å². The van der Waals surface area contributed by atoms with Gasteiger partial charge in [-0.15, -0.1) is 0 Å². The molecule has 0 amide bonds. The molecular formula is C34H54FN7O7. The van der Waals surface area contributed by atoms with Gasteiger partial charge in [-0.25, -0.2) is 4.39 Å². The Morgan fingerprint density at radius 1 is 0.878 bits per heavy atom. The van der Waals surface area contributed by atoms with E-state index in [1.54, 1.807) is 6.07 Å². The standard InChI is InChI=1S/C34H54FN7O7/c1-41-14-11-28(12-15-41)42(2)34-39-32(36-26-7-5-3-4-6-8-26)38-33(40-34)37-27-9-10-30(29(35)25-27)49-31(44)13-17-45-19-21-47-23-24-48-22-20-46-18-16-43/h9-10,25-26,28,43H,3-8,11-24H2,1-2H3,(H2,36,37,38,39,40). The van der Waals surface area contributed by atoms with Gasteiger partial charge < -0.3 is 49.2 Å². The minimum absolute atomic E-state index is 0.0103. The van der Waals surface area contributed by atoms with Crippen LogP contribution in [0.5, 0.6) is 5.75 Å². The summed E-state index contributed by atoms with van der Waals surface area (Å²) in [4.78, 5) is 30.9. The van der Waals surface area contributed by atoms with E-state index in [0.717, 1.165) is 38.8 Å². The maximum atomic E-state index is 15.0. The molecule has 1 aromatic heterocycles. The molecule has 0 radical (unpaired) electrons. The van der Waals surface area contributed by atoms with Crippen molar-refractivity contribution in [3.05, 3.63) is 24.0 Å². The Labute approximate surface area is 289 Å². The first-order valence-corrected chi connectivity index (χ1v) is 17.5. The summed E-state index contributed by atoms with van der Waals surface area (Å²) >= 11 is 0. The second-order valence-corrected chi connectivity index (χ2v) is 12.4. The van der Waals surface area contributed by atoms with Crippen molar-refractivity contribution in [2.24, 2.45) is 0 Å². The van der Waals surface area contributed by atoms with Crippen molar-refractivity contribution >= 4 is 29.5 Å². The summed E-state index contributed by atoms with van der Waals surface area (Å²) in [6.45, 7) is 4.73. The minimum atomic E-state index is -0.690. The number of hydrogen-bond donors (Lipinski definition) is 3. The zero-order chi connectivity index (χ0) is 34.7. The van der Waals surface area contributed by atoms with Crippen molar-refractivity contribution in [3.63, 3.8) is 0 Å². The second-order valence-electron chi connectivity index (χ2n) is 12.4. The van der Waals surface area contributed by atoms with E-state index < -0.39 is 11.8 Å². The first-order chi connectivity index (χ1) is 23.9. The van der Waals surface area contributed by atoms with Gasteiger partial charge in [0, 0.05) is 30.9 Å². The number of benzene rings is 1. The van der Waals surface area contributed by atoms with Crippen LogP contribution in [0.1, 0.15) is 57.8 Å². The summed E-state index contributed by atoms with van der Waals surface area (Å²) in [5.41, 5.74) is 0.417. The third-order valence-corrected chi connectivity index (χ3v) is 8.58. The highest BCUT2D eigenvalue weighted by Crippen LogP contribution is 2.27. The Balaban J connectivity index is 1.25. The third-order valence-electron chi connectivity index (χ3n) is 8.58. The van der Waals surface area contributed by atoms with Crippen LogP contribution in [0, 0.1) is 5.82 Å². The van der Waals surface area contributed by atoms with Crippen molar-refractivity contribution in [1.29, 1.82) is 0 Å². The number of aromatic nitrogens is 3. The van der Waals surface area contributed by atoms with E-state index in [-0.39, 0.29) is 25.4 Å². The minimum Gasteiger partial charge on any atom is -0.423 e. The topological polar surface area (TPSA) is 153 Å². The lowest BCUT2D eigenvalue weighted by molar-refractivity contribution is -0.135. The molecule has 274 valence electrons. The average molecular weight is 692 g/mol. The Bertz CT molecular complexity index is 1250. The van der Waals surface area contributed by atoms with E-state index >= 15 is 4.39 Å². The molecule has 0 unspecified atom stereocenters. The molecule has 15 heteroatoms. The van der Waals surface area contributed by atoms with Crippen LogP contribution in [0.4, 0.5) is 27.9 Å². The summed E-state index contributed by atoms with van der Waals surface area (Å²) in [5.74, 6) is -0.0918. The molecule has 2 heterocycles. The highest BCUT2D eigenvalue weighted by atomic mass is 19.1. The molecule has 0 bridgehead atoms. The molecule has 1 saturated carbocycles. The van der Waals surface area contributed by atoms with Gasteiger partial charge in [0.2, 0.25) is 17.8 Å². The van der Waals surface area contributed by atoms with Crippen LogP contribution in [0.25, 0.3) is 0 Å². The van der Waals surface area contributed by atoms with E-state index in [9.17, 15) is 4.79 Å². The van der Waals surface area contributed by atoms with Crippen LogP contribution in [0.3, 0.4) is 0 Å². The van der Waals surface area contributed by atoms with Crippen molar-refractivity contribution in [2.75, 3.05) is 102 Å². The van der Waals surface area contributed by atoms with Crippen LogP contribution in [0.15, 0.2) is 18.2 Å². The molecule has 1 aliphatic carbocycles. The van der Waals surface area contributed by atoms with Gasteiger partial charge in [-0.2, -0.15) is 15.0 Å². The van der Waals surface area contributed by atoms with Gasteiger partial charge >= 0.3 is 5.97 Å². The van der Waals surface area contributed by atoms with Gasteiger partial charge in [-0.1, -0.05) is 25.7 Å². The molecule has 2 aliphatic rings. The fourth-order valence-corrected chi connectivity index (χ4v) is 5.74. The SMILES string of the molecule is CN1CCC(N(C)c2nc(Nc3ccc(OC(=O)CCOCCOCCOCCOCCO)c(F)c3)nc(NC3CCCCCC3)n2)CC1. The predicted molar refractivity (Wildman–Crippen MR) is 184 cm³/mol. The number of nitrogens with zero attached hydrogens (tertiary/aromatic N) is 5. The van der Waals surface area contributed by atoms with E-state index in [4.69, 9.17) is 38.8 Å². The lowest BCUT2D eigenvalue weighted by Gasteiger charge is -2.35. The molecule has 1 aromatic carbocycles. The number of ether oxygens (including phenoxy) is 5. The number of anilines is 4. The van der Waals surface area contributed by atoms with Crippen LogP contribution < -0.4 is 20.3 Å². The highest BCUT2D eigenvalue weighted by Gasteiger charge is 2.24. The van der Waals surface area contributed by atoms with Gasteiger partial charge in [-0.3, -0.25) is 4.79 Å². The quantitative estimate of drug-likeness (QED) is 0.0754. The molecule has 1 aliphatic heterocycles. The fourth-order valence-electron chi connectivity index (χ4n) is 5.74. The Kier molecular flexibility index (Phi) is 17.2. The monoisotopic (exact) mass is 691 g/mol. The predicted octanol–water partition coefficient (Wildman–Crippen LogP) is 3.77. The molecule has 0 atom stereocenters. The van der Waals surface area contributed by atoms with Crippen molar-refractivity contribution in [1.82, 2.24) is 19.9 Å². The van der Waals surface area contributed by atoms with Gasteiger partial charge in [-0.05, 0) is 58.0 Å². The average Bonchev–Trinajstić information content (AvgIpc) is 3.36. The molecule has 49 heavy (non-hydrogen) atoms. The smallest absolute Gasteiger partial charge is 0.313 e. The number of piperidine rings is 1. The summed E-state index contributed by atoms with van der Waals surface area (Å²) in [6, 6.07) is 4.88. The number of esters is 1. The highest BCUT2D eigenvalue weighted by molar-refractivity contribution is 5.73. The number of hydrogen-bond acceptors (Lipinski definition) is 14. The molecule has 2 aromatic rings. The summed E-state index contributed by atoms with van der Waals surface area (Å²) in [7, 11) is 4.15. The lowest BCUT2D eigenvalue weighted by atomic mass is 10.0. The van der Waals surface area contributed by atoms with Crippen LogP contribution in [0.2, 0.25) is 0 Å². The number of rotatable bonds is 21. The Morgan fingerprint density at radius 2 is 1.49 bits per heavy atom. The molecule has 14 nitrogen and oxygen atoms in total. The van der Waals surface area contributed by atoms with Crippen LogP contribution >= 0.6 is 0 Å². The third kappa shape index (κ3) is 14.3. The molecule has 0 spiro atoms. The number of carbonyl (C=O) groups excluding carboxylic acids is 1. The van der Waals surface area contributed by atoms with E-state index in [2.05, 4.69) is 32.5 Å². The second kappa shape index (κ2) is 21.8. The largest absolute Gasteiger partial charge is 0.423 e. The van der Waals surface area contributed by atoms with Crippen molar-refractivity contribution in [3.8, 4) is 5.75 Å². The van der Waals surface area contributed by atoms with Gasteiger partial charge in [0.15, 0.2) is 11.6 Å². The van der Waals surface area contributed by atoms with Crippen LogP contribution in [-0.4, -0.2) is 130 Å². The van der Waals surface area contributed by atoms with Crippen LogP contribution in [-0.2, 0) is 23.7 Å². The first kappa shape index (κ1) is 38.6. The Morgan fingerprint density at radius 3 is 2.12 bits per heavy atom.